The third-order valence-electron chi connectivity index (χ3n) is 2.29. The molecule has 94 valence electrons. The lowest BCUT2D eigenvalue weighted by atomic mass is 10.1. The second kappa shape index (κ2) is 7.54. The van der Waals surface area contributed by atoms with E-state index in [2.05, 4.69) is 17.6 Å². The van der Waals surface area contributed by atoms with Crippen LogP contribution in [0.1, 0.15) is 6.92 Å². The molecular weight excluding hydrogens is 259 g/mol. The third-order valence-corrected chi connectivity index (χ3v) is 3.03. The monoisotopic (exact) mass is 274 g/mol. The van der Waals surface area contributed by atoms with Crippen LogP contribution in [0, 0.1) is 5.92 Å². The molecule has 0 amide bonds. The summed E-state index contributed by atoms with van der Waals surface area (Å²) in [6.45, 7) is 4.11. The van der Waals surface area contributed by atoms with Crippen molar-refractivity contribution in [1.82, 2.24) is 5.32 Å². The Balaban J connectivity index is 2.34. The zero-order chi connectivity index (χ0) is 12.7. The molecule has 17 heavy (non-hydrogen) atoms. The van der Waals surface area contributed by atoms with Gasteiger partial charge in [-0.15, -0.1) is 0 Å². The van der Waals surface area contributed by atoms with Gasteiger partial charge < -0.3 is 15.4 Å². The van der Waals surface area contributed by atoms with Crippen LogP contribution >= 0.6 is 23.2 Å². The van der Waals surface area contributed by atoms with Crippen molar-refractivity contribution in [3.63, 3.8) is 0 Å². The smallest absolute Gasteiger partial charge is 0.133 e. The SMILES string of the molecule is CC(CNCC=O)CNc1ccc(Cl)c(Cl)c1. The van der Waals surface area contributed by atoms with Gasteiger partial charge >= 0.3 is 0 Å². The summed E-state index contributed by atoms with van der Waals surface area (Å²) in [6.07, 6.45) is 0.860. The lowest BCUT2D eigenvalue weighted by Crippen LogP contribution is -2.27. The maximum absolute atomic E-state index is 10.1. The normalized spacial score (nSPS) is 12.2. The number of nitrogens with one attached hydrogen (secondary N) is 2. The first-order chi connectivity index (χ1) is 8.13. The molecule has 0 aliphatic heterocycles. The minimum Gasteiger partial charge on any atom is -0.385 e. The molecule has 3 nitrogen and oxygen atoms in total. The number of hydrogen-bond donors (Lipinski definition) is 2. The molecule has 1 atom stereocenters. The van der Waals surface area contributed by atoms with Gasteiger partial charge in [0.15, 0.2) is 0 Å². The van der Waals surface area contributed by atoms with E-state index in [-0.39, 0.29) is 0 Å². The van der Waals surface area contributed by atoms with E-state index in [1.54, 1.807) is 12.1 Å². The number of aldehydes is 1. The van der Waals surface area contributed by atoms with Gasteiger partial charge in [0.05, 0.1) is 16.6 Å². The fourth-order valence-corrected chi connectivity index (χ4v) is 1.66. The lowest BCUT2D eigenvalue weighted by molar-refractivity contribution is -0.107. The molecule has 0 aliphatic rings. The molecule has 0 radical (unpaired) electrons. The number of carbonyl (C=O) groups is 1. The van der Waals surface area contributed by atoms with E-state index in [1.165, 1.54) is 0 Å². The quantitative estimate of drug-likeness (QED) is 0.594. The van der Waals surface area contributed by atoms with Gasteiger partial charge in [0.25, 0.3) is 0 Å². The molecule has 1 aromatic carbocycles. The van der Waals surface area contributed by atoms with E-state index < -0.39 is 0 Å². The van der Waals surface area contributed by atoms with E-state index in [4.69, 9.17) is 23.2 Å². The van der Waals surface area contributed by atoms with Gasteiger partial charge in [-0.05, 0) is 30.7 Å². The Hall–Kier alpha value is -0.770. The van der Waals surface area contributed by atoms with Crippen LogP contribution in [-0.2, 0) is 4.79 Å². The van der Waals surface area contributed by atoms with Crippen LogP contribution in [0.3, 0.4) is 0 Å². The first-order valence-electron chi connectivity index (χ1n) is 5.46. The second-order valence-corrected chi connectivity index (χ2v) is 4.75. The summed E-state index contributed by atoms with van der Waals surface area (Å²) in [4.78, 5) is 10.1. The third kappa shape index (κ3) is 5.39. The Morgan fingerprint density at radius 1 is 1.29 bits per heavy atom. The minimum atomic E-state index is 0.400. The first-order valence-corrected chi connectivity index (χ1v) is 6.22. The fourth-order valence-electron chi connectivity index (χ4n) is 1.36. The van der Waals surface area contributed by atoms with E-state index in [9.17, 15) is 4.79 Å². The molecule has 1 aromatic rings. The van der Waals surface area contributed by atoms with E-state index in [0.717, 1.165) is 25.1 Å². The molecule has 0 heterocycles. The molecular formula is C12H16Cl2N2O. The van der Waals surface area contributed by atoms with Gasteiger partial charge in [-0.1, -0.05) is 30.1 Å². The summed E-state index contributed by atoms with van der Waals surface area (Å²) in [5.41, 5.74) is 0.946. The Labute approximate surface area is 111 Å². The molecule has 2 N–H and O–H groups in total. The van der Waals surface area contributed by atoms with Gasteiger partial charge in [-0.2, -0.15) is 0 Å². The largest absolute Gasteiger partial charge is 0.385 e. The number of benzene rings is 1. The van der Waals surface area contributed by atoms with Crippen LogP contribution in [0.5, 0.6) is 0 Å². The molecule has 0 saturated carbocycles. The lowest BCUT2D eigenvalue weighted by Gasteiger charge is -2.14. The molecule has 0 bridgehead atoms. The Morgan fingerprint density at radius 3 is 2.71 bits per heavy atom. The number of anilines is 1. The molecule has 0 spiro atoms. The topological polar surface area (TPSA) is 41.1 Å². The van der Waals surface area contributed by atoms with Crippen LogP contribution in [-0.4, -0.2) is 25.9 Å². The molecule has 0 saturated heterocycles. The van der Waals surface area contributed by atoms with Crippen molar-refractivity contribution in [3.8, 4) is 0 Å². The maximum atomic E-state index is 10.1. The fraction of sp³-hybridized carbons (Fsp3) is 0.417. The van der Waals surface area contributed by atoms with Crippen LogP contribution in [0.2, 0.25) is 10.0 Å². The zero-order valence-corrected chi connectivity index (χ0v) is 11.2. The van der Waals surface area contributed by atoms with Gasteiger partial charge in [0.1, 0.15) is 6.29 Å². The molecule has 0 aromatic heterocycles. The number of rotatable bonds is 7. The summed E-state index contributed by atoms with van der Waals surface area (Å²) in [5.74, 6) is 0.421. The number of hydrogen-bond acceptors (Lipinski definition) is 3. The van der Waals surface area contributed by atoms with Gasteiger partial charge in [-0.25, -0.2) is 0 Å². The van der Waals surface area contributed by atoms with Crippen LogP contribution in [0.25, 0.3) is 0 Å². The summed E-state index contributed by atoms with van der Waals surface area (Å²) < 4.78 is 0. The molecule has 1 unspecified atom stereocenters. The number of halogens is 2. The molecule has 0 fully saturated rings. The van der Waals surface area contributed by atoms with E-state index in [1.807, 2.05) is 6.07 Å². The van der Waals surface area contributed by atoms with Crippen molar-refractivity contribution in [3.05, 3.63) is 28.2 Å². The molecule has 0 aliphatic carbocycles. The highest BCUT2D eigenvalue weighted by Crippen LogP contribution is 2.24. The Bertz CT molecular complexity index is 372. The predicted molar refractivity (Wildman–Crippen MR) is 73.0 cm³/mol. The summed E-state index contributed by atoms with van der Waals surface area (Å²) in [6, 6.07) is 5.46. The predicted octanol–water partition coefficient (Wildman–Crippen LogP) is 2.83. The average Bonchev–Trinajstić information content (AvgIpc) is 2.31. The minimum absolute atomic E-state index is 0.400. The van der Waals surface area contributed by atoms with Crippen LogP contribution in [0.4, 0.5) is 5.69 Å². The van der Waals surface area contributed by atoms with Crippen molar-refractivity contribution in [2.75, 3.05) is 25.0 Å². The summed E-state index contributed by atoms with van der Waals surface area (Å²) >= 11 is 11.7. The highest BCUT2D eigenvalue weighted by molar-refractivity contribution is 6.42. The van der Waals surface area contributed by atoms with Crippen molar-refractivity contribution in [2.24, 2.45) is 5.92 Å². The first kappa shape index (κ1) is 14.3. The van der Waals surface area contributed by atoms with E-state index in [0.29, 0.717) is 22.5 Å². The second-order valence-electron chi connectivity index (χ2n) is 3.94. The average molecular weight is 275 g/mol. The highest BCUT2D eigenvalue weighted by atomic mass is 35.5. The Kier molecular flexibility index (Phi) is 6.34. The highest BCUT2D eigenvalue weighted by Gasteiger charge is 2.03. The zero-order valence-electron chi connectivity index (χ0n) is 9.67. The molecule has 5 heteroatoms. The van der Waals surface area contributed by atoms with Crippen molar-refractivity contribution >= 4 is 35.2 Å². The van der Waals surface area contributed by atoms with E-state index >= 15 is 0 Å². The number of carbonyl (C=O) groups excluding carboxylic acids is 1. The van der Waals surface area contributed by atoms with Crippen LogP contribution < -0.4 is 10.6 Å². The Morgan fingerprint density at radius 2 is 2.06 bits per heavy atom. The maximum Gasteiger partial charge on any atom is 0.133 e. The molecule has 1 rings (SSSR count). The summed E-state index contributed by atoms with van der Waals surface area (Å²) in [5, 5.41) is 7.40. The van der Waals surface area contributed by atoms with Gasteiger partial charge in [0, 0.05) is 12.2 Å². The van der Waals surface area contributed by atoms with Gasteiger partial charge in [-0.3, -0.25) is 0 Å². The van der Waals surface area contributed by atoms with Gasteiger partial charge in [0.2, 0.25) is 0 Å². The van der Waals surface area contributed by atoms with Crippen molar-refractivity contribution in [2.45, 2.75) is 6.92 Å². The van der Waals surface area contributed by atoms with Crippen molar-refractivity contribution < 1.29 is 4.79 Å². The standard InChI is InChI=1S/C12H16Cl2N2O/c1-9(7-15-4-5-17)8-16-10-2-3-11(13)12(14)6-10/h2-3,5-6,9,15-16H,4,7-8H2,1H3. The van der Waals surface area contributed by atoms with Crippen molar-refractivity contribution in [1.29, 1.82) is 0 Å². The summed E-state index contributed by atoms with van der Waals surface area (Å²) in [7, 11) is 0. The van der Waals surface area contributed by atoms with Crippen LogP contribution in [0.15, 0.2) is 18.2 Å².